The summed E-state index contributed by atoms with van der Waals surface area (Å²) in [7, 11) is 0. The lowest BCUT2D eigenvalue weighted by Gasteiger charge is -2.38. The van der Waals surface area contributed by atoms with Crippen molar-refractivity contribution in [3.8, 4) is 0 Å². The molecule has 2 unspecified atom stereocenters. The predicted molar refractivity (Wildman–Crippen MR) is 94.0 cm³/mol. The van der Waals surface area contributed by atoms with Gasteiger partial charge in [0.1, 0.15) is 6.54 Å². The van der Waals surface area contributed by atoms with Crippen LogP contribution in [0.1, 0.15) is 59.3 Å². The number of nitrogens with zero attached hydrogens (tertiary/aromatic N) is 2. The Balaban J connectivity index is 2.36. The molecule has 1 aliphatic heterocycles. The molecular formula is C18H34N3O+. The molecule has 22 heavy (non-hydrogen) atoms. The maximum absolute atomic E-state index is 11.1. The molecule has 0 radical (unpaired) electrons. The van der Waals surface area contributed by atoms with Crippen LogP contribution in [0, 0.1) is 0 Å². The first-order chi connectivity index (χ1) is 10.6. The molecule has 1 rings (SSSR count). The second kappa shape index (κ2) is 10.5. The highest BCUT2D eigenvalue weighted by Gasteiger charge is 2.37. The Hall–Kier alpha value is -1.16. The van der Waals surface area contributed by atoms with Crippen molar-refractivity contribution in [2.45, 2.75) is 65.5 Å². The lowest BCUT2D eigenvalue weighted by atomic mass is 10.1. The van der Waals surface area contributed by atoms with Crippen molar-refractivity contribution in [2.24, 2.45) is 4.99 Å². The third kappa shape index (κ3) is 6.30. The molecule has 2 atom stereocenters. The van der Waals surface area contributed by atoms with Crippen molar-refractivity contribution in [3.05, 3.63) is 12.2 Å². The molecular weight excluding hydrogens is 274 g/mol. The third-order valence-corrected chi connectivity index (χ3v) is 4.65. The second-order valence-electron chi connectivity index (χ2n) is 6.28. The molecule has 0 saturated heterocycles. The zero-order valence-corrected chi connectivity index (χ0v) is 14.7. The van der Waals surface area contributed by atoms with Crippen molar-refractivity contribution in [3.63, 3.8) is 0 Å². The highest BCUT2D eigenvalue weighted by molar-refractivity contribution is 5.72. The number of aliphatic imine (C=N–C) groups is 1. The summed E-state index contributed by atoms with van der Waals surface area (Å²) >= 11 is 0. The zero-order chi connectivity index (χ0) is 16.3. The maximum Gasteiger partial charge on any atom is 0.217 e. The minimum atomic E-state index is 0.0564. The summed E-state index contributed by atoms with van der Waals surface area (Å²) < 4.78 is 0.990. The number of allylic oxidation sites excluding steroid dienone is 2. The van der Waals surface area contributed by atoms with Crippen LogP contribution >= 0.6 is 0 Å². The molecule has 4 heteroatoms. The van der Waals surface area contributed by atoms with Gasteiger partial charge in [-0.2, -0.15) is 0 Å². The first kappa shape index (κ1) is 18.9. The van der Waals surface area contributed by atoms with Crippen LogP contribution in [0.25, 0.3) is 0 Å². The van der Waals surface area contributed by atoms with Gasteiger partial charge in [0, 0.05) is 13.3 Å². The lowest BCUT2D eigenvalue weighted by Crippen LogP contribution is -2.55. The molecule has 1 N–H and O–H groups in total. The van der Waals surface area contributed by atoms with E-state index < -0.39 is 0 Å². The number of amides is 1. The van der Waals surface area contributed by atoms with Gasteiger partial charge in [-0.15, -0.1) is 0 Å². The summed E-state index contributed by atoms with van der Waals surface area (Å²) in [6.45, 7) is 9.85. The lowest BCUT2D eigenvalue weighted by molar-refractivity contribution is -0.935. The molecule has 0 aromatic rings. The van der Waals surface area contributed by atoms with E-state index >= 15 is 0 Å². The smallest absolute Gasteiger partial charge is 0.217 e. The highest BCUT2D eigenvalue weighted by Crippen LogP contribution is 2.23. The fourth-order valence-corrected chi connectivity index (χ4v) is 3.13. The van der Waals surface area contributed by atoms with Crippen LogP contribution < -0.4 is 5.32 Å². The van der Waals surface area contributed by atoms with Crippen LogP contribution in [0.5, 0.6) is 0 Å². The van der Waals surface area contributed by atoms with Crippen LogP contribution in [0.2, 0.25) is 0 Å². The van der Waals surface area contributed by atoms with Gasteiger partial charge in [0.2, 0.25) is 5.91 Å². The van der Waals surface area contributed by atoms with Crippen LogP contribution in [0.3, 0.4) is 0 Å². The molecule has 0 saturated carbocycles. The zero-order valence-electron chi connectivity index (χ0n) is 14.7. The van der Waals surface area contributed by atoms with Gasteiger partial charge < -0.3 is 5.32 Å². The van der Waals surface area contributed by atoms with Gasteiger partial charge in [0.25, 0.3) is 0 Å². The Labute approximate surface area is 136 Å². The summed E-state index contributed by atoms with van der Waals surface area (Å²) in [4.78, 5) is 15.8. The number of hydrogen-bond acceptors (Lipinski definition) is 2. The topological polar surface area (TPSA) is 41.5 Å². The molecule has 4 nitrogen and oxygen atoms in total. The third-order valence-electron chi connectivity index (χ3n) is 4.65. The number of hydrogen-bond donors (Lipinski definition) is 1. The van der Waals surface area contributed by atoms with E-state index in [1.807, 2.05) is 0 Å². The van der Waals surface area contributed by atoms with Gasteiger partial charge in [-0.05, 0) is 26.2 Å². The largest absolute Gasteiger partial charge is 0.351 e. The SMILES string of the molecule is CCCCC/C=C/CCC1N=CC[N+]1(CC)CCNC(C)=O. The fraction of sp³-hybridized carbons (Fsp3) is 0.778. The minimum Gasteiger partial charge on any atom is -0.351 e. The Morgan fingerprint density at radius 3 is 2.77 bits per heavy atom. The predicted octanol–water partition coefficient (Wildman–Crippen LogP) is 3.29. The Bertz CT molecular complexity index is 379. The number of quaternary nitrogens is 1. The molecule has 0 aromatic heterocycles. The molecule has 0 aromatic carbocycles. The first-order valence-corrected chi connectivity index (χ1v) is 8.91. The van der Waals surface area contributed by atoms with Gasteiger partial charge in [0.15, 0.2) is 6.17 Å². The van der Waals surface area contributed by atoms with Crippen LogP contribution in [-0.4, -0.2) is 48.9 Å². The number of carbonyl (C=O) groups excluding carboxylic acids is 1. The van der Waals surface area contributed by atoms with E-state index in [9.17, 15) is 4.79 Å². The van der Waals surface area contributed by atoms with E-state index in [1.165, 1.54) is 25.7 Å². The van der Waals surface area contributed by atoms with E-state index in [0.717, 1.165) is 43.5 Å². The van der Waals surface area contributed by atoms with Crippen LogP contribution in [-0.2, 0) is 4.79 Å². The Morgan fingerprint density at radius 1 is 1.32 bits per heavy atom. The van der Waals surface area contributed by atoms with Crippen molar-refractivity contribution in [2.75, 3.05) is 26.2 Å². The number of nitrogens with one attached hydrogen (secondary N) is 1. The number of carbonyl (C=O) groups is 1. The second-order valence-corrected chi connectivity index (χ2v) is 6.28. The van der Waals surface area contributed by atoms with Crippen molar-refractivity contribution in [1.29, 1.82) is 0 Å². The summed E-state index contributed by atoms with van der Waals surface area (Å²) in [5.41, 5.74) is 0. The van der Waals surface area contributed by atoms with E-state index in [2.05, 4.69) is 37.5 Å². The van der Waals surface area contributed by atoms with Crippen molar-refractivity contribution in [1.82, 2.24) is 5.32 Å². The number of rotatable bonds is 11. The molecule has 1 aliphatic rings. The van der Waals surface area contributed by atoms with Crippen LogP contribution in [0.4, 0.5) is 0 Å². The van der Waals surface area contributed by atoms with Crippen LogP contribution in [0.15, 0.2) is 17.1 Å². The first-order valence-electron chi connectivity index (χ1n) is 8.91. The van der Waals surface area contributed by atoms with E-state index in [0.29, 0.717) is 6.17 Å². The summed E-state index contributed by atoms with van der Waals surface area (Å²) in [6.07, 6.45) is 14.4. The maximum atomic E-state index is 11.1. The summed E-state index contributed by atoms with van der Waals surface area (Å²) in [5, 5.41) is 2.92. The Kier molecular flexibility index (Phi) is 9.05. The number of unbranched alkanes of at least 4 members (excludes halogenated alkanes) is 3. The monoisotopic (exact) mass is 308 g/mol. The standard InChI is InChI=1S/C18H33N3O/c1-4-6-7-8-9-10-11-12-18-20-14-16-21(18,5-2)15-13-19-17(3)22/h9-10,14,18H,4-8,11-13,15-16H2,1-3H3/p+1/b10-9+. The average Bonchev–Trinajstić information content (AvgIpc) is 2.89. The molecule has 1 heterocycles. The van der Waals surface area contributed by atoms with E-state index in [1.54, 1.807) is 6.92 Å². The molecule has 1 amide bonds. The summed E-state index contributed by atoms with van der Waals surface area (Å²) in [6, 6.07) is 0. The molecule has 0 bridgehead atoms. The van der Waals surface area contributed by atoms with Gasteiger partial charge in [-0.3, -0.25) is 9.28 Å². The minimum absolute atomic E-state index is 0.0564. The molecule has 0 aliphatic carbocycles. The normalized spacial score (nSPS) is 24.2. The van der Waals surface area contributed by atoms with E-state index in [-0.39, 0.29) is 5.91 Å². The van der Waals surface area contributed by atoms with Gasteiger partial charge in [0.05, 0.1) is 25.8 Å². The molecule has 0 spiro atoms. The summed E-state index contributed by atoms with van der Waals surface area (Å²) in [5.74, 6) is 0.0564. The van der Waals surface area contributed by atoms with Gasteiger partial charge in [-0.1, -0.05) is 31.9 Å². The number of likely N-dealkylation sites (N-methyl/N-ethyl adjacent to an activating group) is 1. The molecule has 126 valence electrons. The Morgan fingerprint density at radius 2 is 2.09 bits per heavy atom. The van der Waals surface area contributed by atoms with Crippen molar-refractivity contribution >= 4 is 12.1 Å². The van der Waals surface area contributed by atoms with Crippen molar-refractivity contribution < 1.29 is 9.28 Å². The van der Waals surface area contributed by atoms with Gasteiger partial charge in [-0.25, -0.2) is 4.99 Å². The average molecular weight is 308 g/mol. The molecule has 0 fully saturated rings. The fourth-order valence-electron chi connectivity index (χ4n) is 3.13. The highest BCUT2D eigenvalue weighted by atomic mass is 16.1. The van der Waals surface area contributed by atoms with Gasteiger partial charge >= 0.3 is 0 Å². The quantitative estimate of drug-likeness (QED) is 0.355. The van der Waals surface area contributed by atoms with E-state index in [4.69, 9.17) is 4.99 Å².